The number of rotatable bonds is 7. The van der Waals surface area contributed by atoms with Crippen LogP contribution in [0.15, 0.2) is 60.7 Å². The maximum atomic E-state index is 12.6. The summed E-state index contributed by atoms with van der Waals surface area (Å²) in [6, 6.07) is 19.2. The molecular weight excluding hydrogens is 314 g/mol. The van der Waals surface area contributed by atoms with E-state index in [9.17, 15) is 9.90 Å². The molecule has 4 nitrogen and oxygen atoms in total. The molecule has 0 saturated carbocycles. The van der Waals surface area contributed by atoms with E-state index in [0.717, 1.165) is 11.1 Å². The van der Waals surface area contributed by atoms with Crippen molar-refractivity contribution < 1.29 is 14.6 Å². The van der Waals surface area contributed by atoms with Gasteiger partial charge in [-0.25, -0.2) is 0 Å². The van der Waals surface area contributed by atoms with Crippen molar-refractivity contribution in [1.29, 1.82) is 0 Å². The number of carbonyl (C=O) groups excluding carboxylic acids is 1. The smallest absolute Gasteiger partial charge is 0.326 e. The van der Waals surface area contributed by atoms with Gasteiger partial charge in [-0.2, -0.15) is 0 Å². The molecule has 2 aromatic carbocycles. The van der Waals surface area contributed by atoms with Gasteiger partial charge in [-0.3, -0.25) is 9.69 Å². The lowest BCUT2D eigenvalue weighted by atomic mass is 10.1. The first-order chi connectivity index (χ1) is 11.9. The van der Waals surface area contributed by atoms with Gasteiger partial charge in [0.05, 0.1) is 6.61 Å². The molecule has 1 N–H and O–H groups in total. The van der Waals surface area contributed by atoms with Crippen molar-refractivity contribution in [2.24, 2.45) is 0 Å². The first kappa shape index (κ1) is 19.2. The zero-order valence-corrected chi connectivity index (χ0v) is 15.2. The predicted octanol–water partition coefficient (Wildman–Crippen LogP) is 3.39. The van der Waals surface area contributed by atoms with Crippen LogP contribution >= 0.6 is 0 Å². The Bertz CT molecular complexity index is 608. The number of aliphatic hydroxyl groups is 1. The first-order valence-corrected chi connectivity index (χ1v) is 8.54. The number of carbonyl (C=O) groups is 1. The van der Waals surface area contributed by atoms with Crippen molar-refractivity contribution in [3.05, 3.63) is 71.8 Å². The molecule has 0 saturated heterocycles. The minimum atomic E-state index is -0.709. The minimum absolute atomic E-state index is 0.283. The van der Waals surface area contributed by atoms with Crippen LogP contribution in [-0.4, -0.2) is 34.2 Å². The van der Waals surface area contributed by atoms with Crippen molar-refractivity contribution in [1.82, 2.24) is 4.90 Å². The fraction of sp³-hybridized carbons (Fsp3) is 0.381. The number of hydrogen-bond acceptors (Lipinski definition) is 4. The molecule has 0 fully saturated rings. The van der Waals surface area contributed by atoms with Gasteiger partial charge < -0.3 is 9.84 Å². The van der Waals surface area contributed by atoms with Crippen LogP contribution in [0.3, 0.4) is 0 Å². The summed E-state index contributed by atoms with van der Waals surface area (Å²) in [7, 11) is 0. The van der Waals surface area contributed by atoms with Gasteiger partial charge >= 0.3 is 5.97 Å². The monoisotopic (exact) mass is 341 g/mol. The lowest BCUT2D eigenvalue weighted by Crippen LogP contribution is -2.46. The van der Waals surface area contributed by atoms with E-state index in [1.165, 1.54) is 0 Å². The highest BCUT2D eigenvalue weighted by Crippen LogP contribution is 2.17. The third-order valence-corrected chi connectivity index (χ3v) is 3.75. The molecule has 0 aromatic heterocycles. The van der Waals surface area contributed by atoms with Crippen LogP contribution in [-0.2, 0) is 22.6 Å². The molecule has 0 amide bonds. The number of ether oxygens (including phenoxy) is 1. The minimum Gasteiger partial charge on any atom is -0.459 e. The molecule has 134 valence electrons. The van der Waals surface area contributed by atoms with Crippen LogP contribution in [0.2, 0.25) is 0 Å². The quantitative estimate of drug-likeness (QED) is 0.784. The maximum absolute atomic E-state index is 12.6. The average Bonchev–Trinajstić information content (AvgIpc) is 2.55. The van der Waals surface area contributed by atoms with E-state index in [1.807, 2.05) is 86.3 Å². The SMILES string of the molecule is CC(C)(C)OC(=O)C(CO)N(Cc1ccccc1)Cc1ccccc1. The summed E-state index contributed by atoms with van der Waals surface area (Å²) in [5, 5.41) is 9.88. The molecule has 0 aliphatic heterocycles. The van der Waals surface area contributed by atoms with Crippen molar-refractivity contribution in [3.63, 3.8) is 0 Å². The second kappa shape index (κ2) is 8.79. The fourth-order valence-corrected chi connectivity index (χ4v) is 2.62. The standard InChI is InChI=1S/C21H27NO3/c1-21(2,3)25-20(24)19(16-23)22(14-17-10-6-4-7-11-17)15-18-12-8-5-9-13-18/h4-13,19,23H,14-16H2,1-3H3. The summed E-state index contributed by atoms with van der Waals surface area (Å²) >= 11 is 0. The second-order valence-electron chi connectivity index (χ2n) is 7.11. The number of esters is 1. The summed E-state index contributed by atoms with van der Waals surface area (Å²) in [5.41, 5.74) is 1.58. The maximum Gasteiger partial charge on any atom is 0.326 e. The van der Waals surface area contributed by atoms with Crippen LogP contribution in [0.1, 0.15) is 31.9 Å². The molecule has 1 unspecified atom stereocenters. The molecule has 1 atom stereocenters. The Kier molecular flexibility index (Phi) is 6.73. The third kappa shape index (κ3) is 6.33. The molecule has 0 spiro atoms. The van der Waals surface area contributed by atoms with E-state index in [1.54, 1.807) is 0 Å². The summed E-state index contributed by atoms with van der Waals surface area (Å²) < 4.78 is 5.51. The lowest BCUT2D eigenvalue weighted by molar-refractivity contribution is -0.163. The molecule has 4 heteroatoms. The van der Waals surface area contributed by atoms with Crippen LogP contribution < -0.4 is 0 Å². The number of nitrogens with zero attached hydrogens (tertiary/aromatic N) is 1. The van der Waals surface area contributed by atoms with Crippen molar-refractivity contribution >= 4 is 5.97 Å². The molecule has 0 radical (unpaired) electrons. The second-order valence-corrected chi connectivity index (χ2v) is 7.11. The summed E-state index contributed by atoms with van der Waals surface area (Å²) in [6.07, 6.45) is 0. The number of aliphatic hydroxyl groups excluding tert-OH is 1. The van der Waals surface area contributed by atoms with Crippen LogP contribution in [0, 0.1) is 0 Å². The summed E-state index contributed by atoms with van der Waals surface area (Å²) in [5.74, 6) is -0.401. The number of benzene rings is 2. The molecule has 25 heavy (non-hydrogen) atoms. The molecule has 0 heterocycles. The van der Waals surface area contributed by atoms with Gasteiger partial charge in [0, 0.05) is 13.1 Å². The average molecular weight is 341 g/mol. The Morgan fingerprint density at radius 2 is 1.40 bits per heavy atom. The zero-order chi connectivity index (χ0) is 18.3. The topological polar surface area (TPSA) is 49.8 Å². The molecule has 0 bridgehead atoms. The van der Waals surface area contributed by atoms with Gasteiger partial charge in [-0.1, -0.05) is 60.7 Å². The fourth-order valence-electron chi connectivity index (χ4n) is 2.62. The Morgan fingerprint density at radius 3 is 1.76 bits per heavy atom. The lowest BCUT2D eigenvalue weighted by Gasteiger charge is -2.31. The third-order valence-electron chi connectivity index (χ3n) is 3.75. The summed E-state index contributed by atoms with van der Waals surface area (Å²) in [4.78, 5) is 14.5. The van der Waals surface area contributed by atoms with Gasteiger partial charge in [-0.05, 0) is 31.9 Å². The zero-order valence-electron chi connectivity index (χ0n) is 15.2. The molecule has 0 aliphatic rings. The number of hydrogen-bond donors (Lipinski definition) is 1. The van der Waals surface area contributed by atoms with Crippen molar-refractivity contribution in [3.8, 4) is 0 Å². The predicted molar refractivity (Wildman–Crippen MR) is 98.8 cm³/mol. The highest BCUT2D eigenvalue weighted by molar-refractivity contribution is 5.76. The van der Waals surface area contributed by atoms with Crippen LogP contribution in [0.25, 0.3) is 0 Å². The van der Waals surface area contributed by atoms with Crippen molar-refractivity contribution in [2.45, 2.75) is 45.5 Å². The van der Waals surface area contributed by atoms with Crippen molar-refractivity contribution in [2.75, 3.05) is 6.61 Å². The Hall–Kier alpha value is -2.17. The van der Waals surface area contributed by atoms with Gasteiger partial charge in [-0.15, -0.1) is 0 Å². The van der Waals surface area contributed by atoms with E-state index in [4.69, 9.17) is 4.74 Å². The van der Waals surface area contributed by atoms with Gasteiger partial charge in [0.2, 0.25) is 0 Å². The van der Waals surface area contributed by atoms with E-state index in [2.05, 4.69) is 0 Å². The Balaban J connectivity index is 2.23. The van der Waals surface area contributed by atoms with E-state index >= 15 is 0 Å². The highest BCUT2D eigenvalue weighted by atomic mass is 16.6. The van der Waals surface area contributed by atoms with Crippen LogP contribution in [0.5, 0.6) is 0 Å². The molecule has 2 rings (SSSR count). The Morgan fingerprint density at radius 1 is 0.960 bits per heavy atom. The van der Waals surface area contributed by atoms with Gasteiger partial charge in [0.25, 0.3) is 0 Å². The van der Waals surface area contributed by atoms with Gasteiger partial charge in [0.15, 0.2) is 0 Å². The van der Waals surface area contributed by atoms with E-state index < -0.39 is 17.6 Å². The normalized spacial score (nSPS) is 12.8. The van der Waals surface area contributed by atoms with E-state index in [-0.39, 0.29) is 6.61 Å². The summed E-state index contributed by atoms with van der Waals surface area (Å²) in [6.45, 7) is 6.32. The Labute approximate surface area is 150 Å². The largest absolute Gasteiger partial charge is 0.459 e. The molecule has 2 aromatic rings. The first-order valence-electron chi connectivity index (χ1n) is 8.54. The van der Waals surface area contributed by atoms with E-state index in [0.29, 0.717) is 13.1 Å². The van der Waals surface area contributed by atoms with Gasteiger partial charge in [0.1, 0.15) is 11.6 Å². The van der Waals surface area contributed by atoms with Crippen LogP contribution in [0.4, 0.5) is 0 Å². The highest BCUT2D eigenvalue weighted by Gasteiger charge is 2.30. The molecule has 0 aliphatic carbocycles. The molecular formula is C21H27NO3.